The van der Waals surface area contributed by atoms with E-state index >= 15 is 0 Å². The van der Waals surface area contributed by atoms with Crippen LogP contribution in [-0.4, -0.2) is 20.5 Å². The Labute approximate surface area is 131 Å². The van der Waals surface area contributed by atoms with Gasteiger partial charge in [0.1, 0.15) is 10.6 Å². The van der Waals surface area contributed by atoms with Gasteiger partial charge in [0.25, 0.3) is 0 Å². The number of hydrogen-bond acceptors (Lipinski definition) is 6. The Bertz CT molecular complexity index is 676. The van der Waals surface area contributed by atoms with Gasteiger partial charge < -0.3 is 5.73 Å². The summed E-state index contributed by atoms with van der Waals surface area (Å²) in [5.41, 5.74) is 7.56. The fourth-order valence-electron chi connectivity index (χ4n) is 2.35. The molecule has 2 N–H and O–H groups in total. The highest BCUT2D eigenvalue weighted by atomic mass is 32.2. The van der Waals surface area contributed by atoms with E-state index in [2.05, 4.69) is 30.4 Å². The van der Waals surface area contributed by atoms with Crippen molar-refractivity contribution in [3.63, 3.8) is 0 Å². The first-order valence-electron chi connectivity index (χ1n) is 6.45. The lowest BCUT2D eigenvalue weighted by Crippen LogP contribution is -2.22. The molecule has 0 unspecified atom stereocenters. The zero-order valence-corrected chi connectivity index (χ0v) is 14.1. The van der Waals surface area contributed by atoms with Gasteiger partial charge in [0.05, 0.1) is 5.39 Å². The van der Waals surface area contributed by atoms with Crippen LogP contribution in [0.3, 0.4) is 0 Å². The smallest absolute Gasteiger partial charge is 0.191 e. The standard InChI is InChI=1S/C14H17N3S3/c1-4-5-18-13-16-11(15)10-8-6-14(2,3)19-7-9(8)20-12(10)17-13/h4H,1,5-7H2,2-3H3,(H2,15,16,17). The van der Waals surface area contributed by atoms with Crippen LogP contribution in [0.25, 0.3) is 10.2 Å². The van der Waals surface area contributed by atoms with Gasteiger partial charge in [-0.1, -0.05) is 31.7 Å². The fraction of sp³-hybridized carbons (Fsp3) is 0.429. The van der Waals surface area contributed by atoms with Gasteiger partial charge in [-0.2, -0.15) is 0 Å². The van der Waals surface area contributed by atoms with Crippen molar-refractivity contribution >= 4 is 50.9 Å². The summed E-state index contributed by atoms with van der Waals surface area (Å²) in [5.74, 6) is 2.48. The van der Waals surface area contributed by atoms with E-state index in [4.69, 9.17) is 5.73 Å². The molecule has 3 heterocycles. The summed E-state index contributed by atoms with van der Waals surface area (Å²) in [6.07, 6.45) is 2.90. The van der Waals surface area contributed by atoms with Crippen molar-refractivity contribution in [3.05, 3.63) is 23.1 Å². The summed E-state index contributed by atoms with van der Waals surface area (Å²) < 4.78 is 0.268. The minimum atomic E-state index is 0.268. The first kappa shape index (κ1) is 14.2. The van der Waals surface area contributed by atoms with Gasteiger partial charge in [0.15, 0.2) is 5.16 Å². The number of nitrogen functional groups attached to an aromatic ring is 1. The third-order valence-corrected chi connectivity index (χ3v) is 6.78. The molecule has 0 bridgehead atoms. The number of nitrogens with zero attached hydrogens (tertiary/aromatic N) is 2. The van der Waals surface area contributed by atoms with E-state index in [0.29, 0.717) is 5.82 Å². The maximum atomic E-state index is 6.20. The molecule has 0 fully saturated rings. The molecule has 2 aromatic rings. The second-order valence-electron chi connectivity index (χ2n) is 5.40. The molecule has 0 saturated carbocycles. The van der Waals surface area contributed by atoms with Crippen LogP contribution in [0, 0.1) is 0 Å². The average molecular weight is 324 g/mol. The minimum absolute atomic E-state index is 0.268. The first-order valence-corrected chi connectivity index (χ1v) is 9.24. The number of rotatable bonds is 3. The number of nitrogens with two attached hydrogens (primary N) is 1. The number of hydrogen-bond donors (Lipinski definition) is 1. The van der Waals surface area contributed by atoms with Crippen molar-refractivity contribution in [1.82, 2.24) is 9.97 Å². The molecule has 0 radical (unpaired) electrons. The molecule has 1 aliphatic rings. The van der Waals surface area contributed by atoms with E-state index in [1.54, 1.807) is 23.1 Å². The van der Waals surface area contributed by atoms with Crippen molar-refractivity contribution in [2.45, 2.75) is 35.9 Å². The van der Waals surface area contributed by atoms with Crippen LogP contribution >= 0.6 is 34.9 Å². The van der Waals surface area contributed by atoms with Crippen LogP contribution in [0.1, 0.15) is 24.3 Å². The topological polar surface area (TPSA) is 51.8 Å². The van der Waals surface area contributed by atoms with Gasteiger partial charge in [0.2, 0.25) is 0 Å². The third-order valence-electron chi connectivity index (χ3n) is 3.27. The Balaban J connectivity index is 2.09. The summed E-state index contributed by atoms with van der Waals surface area (Å²) in [5, 5.41) is 1.83. The van der Waals surface area contributed by atoms with Crippen LogP contribution in [-0.2, 0) is 12.2 Å². The van der Waals surface area contributed by atoms with E-state index in [9.17, 15) is 0 Å². The average Bonchev–Trinajstić information content (AvgIpc) is 2.73. The molecule has 20 heavy (non-hydrogen) atoms. The Morgan fingerprint density at radius 3 is 3.00 bits per heavy atom. The van der Waals surface area contributed by atoms with Crippen LogP contribution in [0.2, 0.25) is 0 Å². The molecule has 0 spiro atoms. The van der Waals surface area contributed by atoms with Gasteiger partial charge in [-0.05, 0) is 12.0 Å². The lowest BCUT2D eigenvalue weighted by molar-refractivity contribution is 0.700. The lowest BCUT2D eigenvalue weighted by Gasteiger charge is -2.28. The van der Waals surface area contributed by atoms with Crippen LogP contribution in [0.4, 0.5) is 5.82 Å². The van der Waals surface area contributed by atoms with E-state index < -0.39 is 0 Å². The number of fused-ring (bicyclic) bond motifs is 3. The van der Waals surface area contributed by atoms with E-state index in [1.807, 2.05) is 17.8 Å². The summed E-state index contributed by atoms with van der Waals surface area (Å²) in [6.45, 7) is 8.30. The first-order chi connectivity index (χ1) is 9.50. The van der Waals surface area contributed by atoms with E-state index in [1.165, 1.54) is 10.4 Å². The van der Waals surface area contributed by atoms with Crippen molar-refractivity contribution < 1.29 is 0 Å². The third kappa shape index (κ3) is 2.56. The lowest BCUT2D eigenvalue weighted by atomic mass is 9.99. The van der Waals surface area contributed by atoms with Crippen molar-refractivity contribution in [3.8, 4) is 0 Å². The van der Waals surface area contributed by atoms with Crippen molar-refractivity contribution in [2.24, 2.45) is 0 Å². The summed E-state index contributed by atoms with van der Waals surface area (Å²) in [7, 11) is 0. The Morgan fingerprint density at radius 1 is 1.45 bits per heavy atom. The Kier molecular flexibility index (Phi) is 3.73. The predicted octanol–water partition coefficient (Wildman–Crippen LogP) is 4.12. The highest BCUT2D eigenvalue weighted by molar-refractivity contribution is 8.00. The molecule has 2 aromatic heterocycles. The predicted molar refractivity (Wildman–Crippen MR) is 91.8 cm³/mol. The van der Waals surface area contributed by atoms with E-state index in [-0.39, 0.29) is 4.75 Å². The molecular weight excluding hydrogens is 306 g/mol. The van der Waals surface area contributed by atoms with Gasteiger partial charge in [-0.25, -0.2) is 9.97 Å². The molecule has 6 heteroatoms. The highest BCUT2D eigenvalue weighted by Gasteiger charge is 2.30. The normalized spacial score (nSPS) is 17.1. The summed E-state index contributed by atoms with van der Waals surface area (Å²) in [6, 6.07) is 0. The van der Waals surface area contributed by atoms with Gasteiger partial charge in [-0.3, -0.25) is 0 Å². The summed E-state index contributed by atoms with van der Waals surface area (Å²) >= 11 is 5.35. The van der Waals surface area contributed by atoms with Crippen LogP contribution in [0.15, 0.2) is 17.8 Å². The van der Waals surface area contributed by atoms with Gasteiger partial charge in [0, 0.05) is 21.1 Å². The van der Waals surface area contributed by atoms with Crippen LogP contribution < -0.4 is 5.73 Å². The monoisotopic (exact) mass is 323 g/mol. The molecule has 1 aliphatic heterocycles. The number of anilines is 1. The summed E-state index contributed by atoms with van der Waals surface area (Å²) in [4.78, 5) is 11.6. The molecular formula is C14H17N3S3. The van der Waals surface area contributed by atoms with Crippen molar-refractivity contribution in [1.29, 1.82) is 0 Å². The second-order valence-corrected chi connectivity index (χ2v) is 9.15. The van der Waals surface area contributed by atoms with Gasteiger partial charge in [-0.15, -0.1) is 29.7 Å². The van der Waals surface area contributed by atoms with Crippen molar-refractivity contribution in [2.75, 3.05) is 11.5 Å². The molecule has 106 valence electrons. The molecule has 0 amide bonds. The maximum Gasteiger partial charge on any atom is 0.191 e. The molecule has 0 aromatic carbocycles. The Hall–Kier alpha value is -0.720. The number of thiophene rings is 1. The zero-order valence-electron chi connectivity index (χ0n) is 11.6. The van der Waals surface area contributed by atoms with E-state index in [0.717, 1.165) is 33.3 Å². The number of thioether (sulfide) groups is 2. The molecule has 0 atom stereocenters. The number of aromatic nitrogens is 2. The van der Waals surface area contributed by atoms with Gasteiger partial charge >= 0.3 is 0 Å². The fourth-order valence-corrected chi connectivity index (χ4v) is 5.34. The molecule has 3 rings (SSSR count). The maximum absolute atomic E-state index is 6.20. The SMILES string of the molecule is C=CCSc1nc(N)c2c3c(sc2n1)CSC(C)(C)C3. The molecule has 0 saturated heterocycles. The highest BCUT2D eigenvalue weighted by Crippen LogP contribution is 2.45. The zero-order chi connectivity index (χ0) is 14.3. The largest absolute Gasteiger partial charge is 0.383 e. The minimum Gasteiger partial charge on any atom is -0.383 e. The Morgan fingerprint density at radius 2 is 2.25 bits per heavy atom. The molecule has 3 nitrogen and oxygen atoms in total. The second kappa shape index (κ2) is 5.24. The van der Waals surface area contributed by atoms with Crippen LogP contribution in [0.5, 0.6) is 0 Å². The quantitative estimate of drug-likeness (QED) is 0.523. The molecule has 0 aliphatic carbocycles.